The molecule has 0 N–H and O–H groups in total. The van der Waals surface area contributed by atoms with Crippen LogP contribution in [0.1, 0.15) is 21.5 Å². The molecule has 0 amide bonds. The van der Waals surface area contributed by atoms with Gasteiger partial charge in [-0.2, -0.15) is 0 Å². The van der Waals surface area contributed by atoms with E-state index in [4.69, 9.17) is 30.5 Å². The van der Waals surface area contributed by atoms with Crippen molar-refractivity contribution in [1.29, 1.82) is 0 Å². The van der Waals surface area contributed by atoms with Crippen molar-refractivity contribution in [2.45, 2.75) is 6.92 Å². The van der Waals surface area contributed by atoms with Crippen LogP contribution >= 0.6 is 11.6 Å². The number of ether oxygens (including phenoxy) is 4. The number of hydrogen-bond donors (Lipinski definition) is 0. The summed E-state index contributed by atoms with van der Waals surface area (Å²) >= 11 is 6.17. The van der Waals surface area contributed by atoms with Crippen molar-refractivity contribution in [2.75, 3.05) is 28.4 Å². The molecule has 0 atom stereocenters. The average molecular weight is 351 g/mol. The van der Waals surface area contributed by atoms with E-state index in [1.807, 2.05) is 0 Å². The Balaban J connectivity index is 2.83. The fraction of sp³-hybridized carbons (Fsp3) is 0.278. The summed E-state index contributed by atoms with van der Waals surface area (Å²) in [4.78, 5) is 13.1. The molecule has 0 bridgehead atoms. The van der Waals surface area contributed by atoms with Crippen LogP contribution < -0.4 is 18.9 Å². The predicted octanol–water partition coefficient (Wildman–Crippen LogP) is 3.91. The van der Waals surface area contributed by atoms with E-state index in [9.17, 15) is 4.79 Å². The van der Waals surface area contributed by atoms with E-state index in [2.05, 4.69) is 0 Å². The Bertz CT molecular complexity index is 770. The third-order valence-electron chi connectivity index (χ3n) is 3.72. The van der Waals surface area contributed by atoms with Crippen molar-refractivity contribution in [3.63, 3.8) is 0 Å². The topological polar surface area (TPSA) is 54.0 Å². The maximum atomic E-state index is 13.1. The van der Waals surface area contributed by atoms with Crippen LogP contribution in [-0.2, 0) is 0 Å². The number of halogens is 1. The lowest BCUT2D eigenvalue weighted by Gasteiger charge is -2.21. The zero-order valence-corrected chi connectivity index (χ0v) is 15.0. The lowest BCUT2D eigenvalue weighted by Crippen LogP contribution is -2.11. The molecule has 24 heavy (non-hydrogen) atoms. The molecule has 0 aromatic heterocycles. The number of methoxy groups -OCH3 is 4. The smallest absolute Gasteiger partial charge is 0.208 e. The number of hydrogen-bond acceptors (Lipinski definition) is 5. The first kappa shape index (κ1) is 17.9. The molecular formula is C18H19ClO5. The molecule has 128 valence electrons. The van der Waals surface area contributed by atoms with E-state index in [-0.39, 0.29) is 17.3 Å². The monoisotopic (exact) mass is 350 g/mol. The molecule has 0 saturated heterocycles. The predicted molar refractivity (Wildman–Crippen MR) is 92.3 cm³/mol. The van der Waals surface area contributed by atoms with Gasteiger partial charge in [0, 0.05) is 11.1 Å². The van der Waals surface area contributed by atoms with E-state index in [0.717, 1.165) is 0 Å². The molecule has 2 rings (SSSR count). The summed E-state index contributed by atoms with van der Waals surface area (Å²) in [5, 5.41) is 0.359. The molecule has 2 aromatic carbocycles. The quantitative estimate of drug-likeness (QED) is 0.739. The van der Waals surface area contributed by atoms with Crippen LogP contribution in [0, 0.1) is 6.92 Å². The lowest BCUT2D eigenvalue weighted by molar-refractivity contribution is 0.103. The fourth-order valence-electron chi connectivity index (χ4n) is 2.64. The Hall–Kier alpha value is -2.40. The largest absolute Gasteiger partial charge is 0.492 e. The van der Waals surface area contributed by atoms with Crippen molar-refractivity contribution in [2.24, 2.45) is 0 Å². The molecule has 0 aliphatic heterocycles. The normalized spacial score (nSPS) is 10.2. The van der Waals surface area contributed by atoms with E-state index in [1.165, 1.54) is 28.4 Å². The number of carbonyl (C=O) groups is 1. The second-order valence-corrected chi connectivity index (χ2v) is 5.35. The van der Waals surface area contributed by atoms with Crippen LogP contribution in [0.25, 0.3) is 0 Å². The van der Waals surface area contributed by atoms with E-state index >= 15 is 0 Å². The highest BCUT2D eigenvalue weighted by Gasteiger charge is 2.30. The molecule has 0 aliphatic rings. The highest BCUT2D eigenvalue weighted by Crippen LogP contribution is 2.49. The van der Waals surface area contributed by atoms with Crippen molar-refractivity contribution in [1.82, 2.24) is 0 Å². The highest BCUT2D eigenvalue weighted by molar-refractivity contribution is 6.35. The first-order valence-corrected chi connectivity index (χ1v) is 7.55. The van der Waals surface area contributed by atoms with Crippen molar-refractivity contribution < 1.29 is 23.7 Å². The molecule has 0 radical (unpaired) electrons. The minimum absolute atomic E-state index is 0.276. The van der Waals surface area contributed by atoms with Crippen LogP contribution in [0.3, 0.4) is 0 Å². The Morgan fingerprint density at radius 1 is 0.833 bits per heavy atom. The van der Waals surface area contributed by atoms with Crippen LogP contribution in [0.5, 0.6) is 23.0 Å². The van der Waals surface area contributed by atoms with Crippen molar-refractivity contribution >= 4 is 17.4 Å². The summed E-state index contributed by atoms with van der Waals surface area (Å²) in [6, 6.07) is 6.83. The van der Waals surface area contributed by atoms with Gasteiger partial charge in [0.1, 0.15) is 0 Å². The van der Waals surface area contributed by atoms with Gasteiger partial charge < -0.3 is 18.9 Å². The number of benzene rings is 2. The third-order valence-corrected chi connectivity index (χ3v) is 4.05. The number of rotatable bonds is 6. The summed E-state index contributed by atoms with van der Waals surface area (Å²) < 4.78 is 21.6. The molecule has 5 nitrogen and oxygen atoms in total. The fourth-order valence-corrected chi connectivity index (χ4v) is 2.86. The van der Waals surface area contributed by atoms with Gasteiger partial charge in [0.15, 0.2) is 17.3 Å². The van der Waals surface area contributed by atoms with E-state index in [0.29, 0.717) is 33.2 Å². The Kier molecular flexibility index (Phi) is 5.57. The molecule has 6 heteroatoms. The second-order valence-electron chi connectivity index (χ2n) is 4.94. The molecule has 0 spiro atoms. The summed E-state index contributed by atoms with van der Waals surface area (Å²) in [6.07, 6.45) is 0. The minimum Gasteiger partial charge on any atom is -0.492 e. The summed E-state index contributed by atoms with van der Waals surface area (Å²) in [5.74, 6) is 1.06. The Labute approximate surface area is 146 Å². The lowest BCUT2D eigenvalue weighted by atomic mass is 9.96. The first-order valence-electron chi connectivity index (χ1n) is 7.17. The maximum Gasteiger partial charge on any atom is 0.208 e. The zero-order chi connectivity index (χ0) is 17.9. The van der Waals surface area contributed by atoms with Gasteiger partial charge in [0.2, 0.25) is 11.5 Å². The Morgan fingerprint density at radius 3 is 1.83 bits per heavy atom. The third kappa shape index (κ3) is 2.87. The van der Waals surface area contributed by atoms with Gasteiger partial charge in [0.05, 0.1) is 39.0 Å². The molecule has 0 fully saturated rings. The summed E-state index contributed by atoms with van der Waals surface area (Å²) in [7, 11) is 5.93. The van der Waals surface area contributed by atoms with Gasteiger partial charge in [-0.3, -0.25) is 4.79 Å². The SMILES string of the molecule is COc1c(C)c(C(=O)c2ccccc2Cl)c(OC)c(OC)c1OC. The van der Waals surface area contributed by atoms with E-state index < -0.39 is 0 Å². The maximum absolute atomic E-state index is 13.1. The number of carbonyl (C=O) groups excluding carboxylic acids is 1. The molecule has 0 saturated carbocycles. The zero-order valence-electron chi connectivity index (χ0n) is 14.2. The number of ketones is 1. The second kappa shape index (κ2) is 7.45. The average Bonchev–Trinajstić information content (AvgIpc) is 2.60. The van der Waals surface area contributed by atoms with Crippen LogP contribution in [-0.4, -0.2) is 34.2 Å². The van der Waals surface area contributed by atoms with Gasteiger partial charge in [-0.15, -0.1) is 0 Å². The summed E-state index contributed by atoms with van der Waals surface area (Å²) in [5.41, 5.74) is 1.27. The van der Waals surface area contributed by atoms with Gasteiger partial charge in [-0.05, 0) is 19.1 Å². The molecule has 0 heterocycles. The van der Waals surface area contributed by atoms with Crippen LogP contribution in [0.4, 0.5) is 0 Å². The van der Waals surface area contributed by atoms with Gasteiger partial charge in [0.25, 0.3) is 0 Å². The molecule has 0 aliphatic carbocycles. The van der Waals surface area contributed by atoms with Gasteiger partial charge >= 0.3 is 0 Å². The van der Waals surface area contributed by atoms with Crippen molar-refractivity contribution in [3.05, 3.63) is 46.0 Å². The molecule has 2 aromatic rings. The summed E-state index contributed by atoms with van der Waals surface area (Å²) in [6.45, 7) is 1.76. The van der Waals surface area contributed by atoms with Crippen molar-refractivity contribution in [3.8, 4) is 23.0 Å². The molecular weight excluding hydrogens is 332 g/mol. The highest BCUT2D eigenvalue weighted by atomic mass is 35.5. The van der Waals surface area contributed by atoms with Crippen LogP contribution in [0.15, 0.2) is 24.3 Å². The minimum atomic E-state index is -0.283. The van der Waals surface area contributed by atoms with E-state index in [1.54, 1.807) is 31.2 Å². The molecule has 0 unspecified atom stereocenters. The Morgan fingerprint density at radius 2 is 1.33 bits per heavy atom. The van der Waals surface area contributed by atoms with Gasteiger partial charge in [-0.1, -0.05) is 23.7 Å². The first-order chi connectivity index (χ1) is 11.5. The van der Waals surface area contributed by atoms with Crippen LogP contribution in [0.2, 0.25) is 5.02 Å². The standard InChI is InChI=1S/C18H19ClO5/c1-10-13(14(20)11-8-6-7-9-12(11)19)16(22-3)18(24-5)17(23-4)15(10)21-2/h6-9H,1-5H3. The van der Waals surface area contributed by atoms with Gasteiger partial charge in [-0.25, -0.2) is 0 Å².